The van der Waals surface area contributed by atoms with Crippen molar-refractivity contribution in [1.29, 1.82) is 0 Å². The predicted molar refractivity (Wildman–Crippen MR) is 108 cm³/mol. The van der Waals surface area contributed by atoms with Crippen molar-refractivity contribution in [2.75, 3.05) is 6.26 Å². The Labute approximate surface area is 172 Å². The second-order valence-corrected chi connectivity index (χ2v) is 11.5. The van der Waals surface area contributed by atoms with Gasteiger partial charge in [0.25, 0.3) is 5.91 Å². The zero-order valence-electron chi connectivity index (χ0n) is 17.2. The van der Waals surface area contributed by atoms with Gasteiger partial charge in [0.05, 0.1) is 10.5 Å². The number of sulfone groups is 1. The molecule has 7 heteroatoms. The highest BCUT2D eigenvalue weighted by atomic mass is 32.2. The van der Waals surface area contributed by atoms with Crippen molar-refractivity contribution in [2.24, 2.45) is 17.8 Å². The molecule has 1 amide bonds. The zero-order chi connectivity index (χ0) is 21.0. The van der Waals surface area contributed by atoms with E-state index >= 15 is 0 Å². The minimum absolute atomic E-state index is 0.0562. The summed E-state index contributed by atoms with van der Waals surface area (Å²) in [5.41, 5.74) is 0.636. The Morgan fingerprint density at radius 3 is 2.17 bits per heavy atom. The number of hydrogen-bond acceptors (Lipinski definition) is 5. The molecule has 158 valence electrons. The first-order valence-corrected chi connectivity index (χ1v) is 12.3. The topological polar surface area (TPSA) is 89.5 Å². The van der Waals surface area contributed by atoms with Crippen LogP contribution in [-0.4, -0.2) is 38.2 Å². The molecular weight excluding hydrogens is 390 g/mol. The smallest absolute Gasteiger partial charge is 0.339 e. The number of carbonyl (C=O) groups is 2. The van der Waals surface area contributed by atoms with E-state index in [1.54, 1.807) is 19.9 Å². The fourth-order valence-electron chi connectivity index (χ4n) is 5.96. The lowest BCUT2D eigenvalue weighted by Crippen LogP contribution is -2.61. The summed E-state index contributed by atoms with van der Waals surface area (Å²) in [5, 5.41) is 3.22. The quantitative estimate of drug-likeness (QED) is 0.741. The van der Waals surface area contributed by atoms with E-state index in [9.17, 15) is 18.0 Å². The summed E-state index contributed by atoms with van der Waals surface area (Å²) in [6.45, 7) is 3.28. The lowest BCUT2D eigenvalue weighted by molar-refractivity contribution is -0.134. The Kier molecular flexibility index (Phi) is 5.00. The van der Waals surface area contributed by atoms with Crippen LogP contribution in [0.2, 0.25) is 0 Å². The molecule has 4 saturated carbocycles. The molecule has 1 aromatic rings. The Morgan fingerprint density at radius 1 is 1.10 bits per heavy atom. The van der Waals surface area contributed by atoms with E-state index in [4.69, 9.17) is 4.74 Å². The number of hydrogen-bond donors (Lipinski definition) is 1. The zero-order valence-corrected chi connectivity index (χ0v) is 18.1. The van der Waals surface area contributed by atoms with E-state index in [1.165, 1.54) is 31.4 Å². The highest BCUT2D eigenvalue weighted by Crippen LogP contribution is 2.55. The molecule has 0 unspecified atom stereocenters. The van der Waals surface area contributed by atoms with E-state index in [1.807, 2.05) is 0 Å². The van der Waals surface area contributed by atoms with Crippen molar-refractivity contribution >= 4 is 21.7 Å². The van der Waals surface area contributed by atoms with Gasteiger partial charge in [0.1, 0.15) is 0 Å². The Balaban J connectivity index is 1.44. The summed E-state index contributed by atoms with van der Waals surface area (Å²) >= 11 is 0. The van der Waals surface area contributed by atoms with Crippen LogP contribution >= 0.6 is 0 Å². The van der Waals surface area contributed by atoms with Gasteiger partial charge in [-0.25, -0.2) is 13.2 Å². The third kappa shape index (κ3) is 4.06. The lowest BCUT2D eigenvalue weighted by Gasteiger charge is -2.57. The molecule has 4 fully saturated rings. The summed E-state index contributed by atoms with van der Waals surface area (Å²) in [5.74, 6) is 1.18. The van der Waals surface area contributed by atoms with E-state index in [2.05, 4.69) is 5.32 Å². The Morgan fingerprint density at radius 2 is 1.66 bits per heavy atom. The standard InChI is InChI=1S/C22H29NO5S/c1-13-4-5-18(29(3,26)27)9-19(13)21(25)28-14(2)20(24)23-22-10-15-6-16(11-22)8-17(7-15)12-22/h4-5,9,14-17H,6-8,10-12H2,1-3H3,(H,23,24)/t14-,15?,16?,17?,22?/m1/s1. The number of esters is 1. The second kappa shape index (κ2) is 7.11. The summed E-state index contributed by atoms with van der Waals surface area (Å²) in [4.78, 5) is 25.5. The molecule has 4 aliphatic carbocycles. The van der Waals surface area contributed by atoms with Gasteiger partial charge in [0.15, 0.2) is 15.9 Å². The normalized spacial score (nSPS) is 31.3. The van der Waals surface area contributed by atoms with Crippen LogP contribution in [0.1, 0.15) is 61.4 Å². The van der Waals surface area contributed by atoms with Gasteiger partial charge in [-0.05, 0) is 87.8 Å². The van der Waals surface area contributed by atoms with Gasteiger partial charge in [-0.1, -0.05) is 6.07 Å². The van der Waals surface area contributed by atoms with Crippen LogP contribution in [0.5, 0.6) is 0 Å². The van der Waals surface area contributed by atoms with Crippen LogP contribution in [0.25, 0.3) is 0 Å². The Hall–Kier alpha value is -1.89. The molecule has 0 spiro atoms. The van der Waals surface area contributed by atoms with Gasteiger partial charge in [-0.3, -0.25) is 4.79 Å². The molecular formula is C22H29NO5S. The average Bonchev–Trinajstić information content (AvgIpc) is 2.59. The summed E-state index contributed by atoms with van der Waals surface area (Å²) < 4.78 is 29.0. The number of carbonyl (C=O) groups excluding carboxylic acids is 2. The molecule has 6 nitrogen and oxygen atoms in total. The first-order chi connectivity index (χ1) is 13.5. The largest absolute Gasteiger partial charge is 0.449 e. The van der Waals surface area contributed by atoms with E-state index in [0.717, 1.165) is 25.5 Å². The number of rotatable bonds is 5. The van der Waals surface area contributed by atoms with Crippen molar-refractivity contribution in [2.45, 2.75) is 68.9 Å². The first kappa shape index (κ1) is 20.4. The van der Waals surface area contributed by atoms with E-state index < -0.39 is 21.9 Å². The number of ether oxygens (including phenoxy) is 1. The minimum atomic E-state index is -3.44. The van der Waals surface area contributed by atoms with Crippen LogP contribution in [0.3, 0.4) is 0 Å². The summed E-state index contributed by atoms with van der Waals surface area (Å²) in [6, 6.07) is 4.36. The Bertz CT molecular complexity index is 917. The van der Waals surface area contributed by atoms with Crippen LogP contribution in [0.4, 0.5) is 0 Å². The SMILES string of the molecule is Cc1ccc(S(C)(=O)=O)cc1C(=O)O[C@H](C)C(=O)NC12CC3CC(CC(C3)C1)C2. The summed E-state index contributed by atoms with van der Waals surface area (Å²) in [6.07, 6.45) is 7.11. The number of benzene rings is 1. The molecule has 4 aliphatic rings. The lowest BCUT2D eigenvalue weighted by atomic mass is 9.53. The molecule has 5 rings (SSSR count). The number of amides is 1. The van der Waals surface area contributed by atoms with Crippen LogP contribution in [-0.2, 0) is 19.4 Å². The maximum atomic E-state index is 12.8. The monoisotopic (exact) mass is 419 g/mol. The molecule has 0 aromatic heterocycles. The van der Waals surface area contributed by atoms with Gasteiger partial charge >= 0.3 is 5.97 Å². The van der Waals surface area contributed by atoms with Gasteiger partial charge < -0.3 is 10.1 Å². The van der Waals surface area contributed by atoms with Crippen LogP contribution in [0.15, 0.2) is 23.1 Å². The highest BCUT2D eigenvalue weighted by Gasteiger charge is 2.51. The highest BCUT2D eigenvalue weighted by molar-refractivity contribution is 7.90. The maximum Gasteiger partial charge on any atom is 0.339 e. The summed E-state index contributed by atoms with van der Waals surface area (Å²) in [7, 11) is -3.44. The number of nitrogens with one attached hydrogen (secondary N) is 1. The predicted octanol–water partition coefficient (Wildman–Crippen LogP) is 3.03. The van der Waals surface area contributed by atoms with E-state index in [0.29, 0.717) is 23.3 Å². The maximum absolute atomic E-state index is 12.8. The van der Waals surface area contributed by atoms with Crippen molar-refractivity contribution in [3.8, 4) is 0 Å². The molecule has 0 heterocycles. The van der Waals surface area contributed by atoms with Gasteiger partial charge in [0, 0.05) is 11.8 Å². The molecule has 1 atom stereocenters. The number of aryl methyl sites for hydroxylation is 1. The molecule has 29 heavy (non-hydrogen) atoms. The fourth-order valence-corrected chi connectivity index (χ4v) is 6.60. The molecule has 1 aromatic carbocycles. The molecule has 0 aliphatic heterocycles. The molecule has 0 radical (unpaired) electrons. The van der Waals surface area contributed by atoms with Crippen LogP contribution in [0, 0.1) is 24.7 Å². The third-order valence-electron chi connectivity index (χ3n) is 6.94. The van der Waals surface area contributed by atoms with Crippen molar-refractivity contribution in [1.82, 2.24) is 5.32 Å². The van der Waals surface area contributed by atoms with Crippen molar-refractivity contribution in [3.05, 3.63) is 29.3 Å². The molecule has 0 saturated heterocycles. The average molecular weight is 420 g/mol. The second-order valence-electron chi connectivity index (χ2n) is 9.48. The van der Waals surface area contributed by atoms with Crippen molar-refractivity contribution < 1.29 is 22.7 Å². The van der Waals surface area contributed by atoms with Gasteiger partial charge in [0.2, 0.25) is 0 Å². The first-order valence-electron chi connectivity index (χ1n) is 10.4. The van der Waals surface area contributed by atoms with E-state index in [-0.39, 0.29) is 21.9 Å². The van der Waals surface area contributed by atoms with Gasteiger partial charge in [-0.15, -0.1) is 0 Å². The van der Waals surface area contributed by atoms with Crippen LogP contribution < -0.4 is 5.32 Å². The minimum Gasteiger partial charge on any atom is -0.449 e. The van der Waals surface area contributed by atoms with Gasteiger partial charge in [-0.2, -0.15) is 0 Å². The third-order valence-corrected chi connectivity index (χ3v) is 8.05. The fraction of sp³-hybridized carbons (Fsp3) is 0.636. The van der Waals surface area contributed by atoms with Crippen molar-refractivity contribution in [3.63, 3.8) is 0 Å². The molecule has 1 N–H and O–H groups in total. The molecule has 4 bridgehead atoms.